The standard InChI is InChI=1S/C28H30FN3O6/c1-36-27(34)26-22(18-5-3-2-4-6-18)13-19(14-25(26)33)30-16-21-17-32(28(35)38-21)20-7-8-24(23(29)15-20)31-9-11-37-12-10-31/h2-8,14-15,21-22,26,30H,9-13,16-17H2,1H3/t21-,22?,26?/m0/s1. The van der Waals surface area contributed by atoms with Gasteiger partial charge < -0.3 is 24.4 Å². The van der Waals surface area contributed by atoms with Crippen molar-refractivity contribution in [1.82, 2.24) is 5.32 Å². The van der Waals surface area contributed by atoms with E-state index in [1.54, 1.807) is 12.1 Å². The molecule has 2 aromatic carbocycles. The van der Waals surface area contributed by atoms with Crippen molar-refractivity contribution in [2.45, 2.75) is 18.4 Å². The third kappa shape index (κ3) is 5.35. The number of morpholine rings is 1. The molecule has 1 N–H and O–H groups in total. The van der Waals surface area contributed by atoms with E-state index < -0.39 is 29.9 Å². The molecule has 0 radical (unpaired) electrons. The van der Waals surface area contributed by atoms with Crippen molar-refractivity contribution in [3.8, 4) is 0 Å². The molecular formula is C28H30FN3O6. The lowest BCUT2D eigenvalue weighted by Gasteiger charge is -2.29. The van der Waals surface area contributed by atoms with Crippen LogP contribution in [0, 0.1) is 11.7 Å². The molecule has 2 fully saturated rings. The molecule has 1 amide bonds. The maximum absolute atomic E-state index is 14.9. The van der Waals surface area contributed by atoms with Crippen molar-refractivity contribution in [3.05, 3.63) is 71.7 Å². The van der Waals surface area contributed by atoms with Crippen molar-refractivity contribution in [3.63, 3.8) is 0 Å². The number of hydrogen-bond donors (Lipinski definition) is 1. The second-order valence-electron chi connectivity index (χ2n) is 9.53. The summed E-state index contributed by atoms with van der Waals surface area (Å²) >= 11 is 0. The number of carbonyl (C=O) groups excluding carboxylic acids is 3. The summed E-state index contributed by atoms with van der Waals surface area (Å²) in [5.41, 5.74) is 2.42. The number of cyclic esters (lactones) is 1. The SMILES string of the molecule is COC(=O)C1C(=O)C=C(NC[C@H]2CN(c3ccc(N4CCOCC4)c(F)c3)C(=O)O2)CC1c1ccccc1. The summed E-state index contributed by atoms with van der Waals surface area (Å²) in [7, 11) is 1.28. The fraction of sp³-hybridized carbons (Fsp3) is 0.393. The van der Waals surface area contributed by atoms with Gasteiger partial charge in [-0.25, -0.2) is 9.18 Å². The maximum atomic E-state index is 14.9. The molecule has 1 aliphatic carbocycles. The molecule has 2 aliphatic heterocycles. The van der Waals surface area contributed by atoms with E-state index in [9.17, 15) is 18.8 Å². The highest BCUT2D eigenvalue weighted by Crippen LogP contribution is 2.36. The Kier molecular flexibility index (Phi) is 7.59. The van der Waals surface area contributed by atoms with E-state index in [0.717, 1.165) is 5.56 Å². The molecule has 38 heavy (non-hydrogen) atoms. The lowest BCUT2D eigenvalue weighted by Crippen LogP contribution is -2.38. The third-order valence-corrected chi connectivity index (χ3v) is 7.17. The van der Waals surface area contributed by atoms with Crippen LogP contribution in [0.15, 0.2) is 60.3 Å². The Hall–Kier alpha value is -3.92. The minimum Gasteiger partial charge on any atom is -0.468 e. The van der Waals surface area contributed by atoms with E-state index in [-0.39, 0.29) is 24.8 Å². The number of nitrogens with zero attached hydrogens (tertiary/aromatic N) is 2. The van der Waals surface area contributed by atoms with Gasteiger partial charge in [0.15, 0.2) is 5.78 Å². The lowest BCUT2D eigenvalue weighted by atomic mass is 9.76. The molecule has 9 nitrogen and oxygen atoms in total. The number of ketones is 1. The molecular weight excluding hydrogens is 493 g/mol. The number of amides is 1. The van der Waals surface area contributed by atoms with E-state index in [1.807, 2.05) is 35.2 Å². The molecule has 3 aliphatic rings. The van der Waals surface area contributed by atoms with E-state index >= 15 is 0 Å². The molecule has 0 bridgehead atoms. The Morgan fingerprint density at radius 2 is 1.89 bits per heavy atom. The second kappa shape index (κ2) is 11.2. The van der Waals surface area contributed by atoms with E-state index in [2.05, 4.69) is 5.32 Å². The first-order valence-corrected chi connectivity index (χ1v) is 12.7. The Morgan fingerprint density at radius 1 is 1.13 bits per heavy atom. The number of methoxy groups -OCH3 is 1. The lowest BCUT2D eigenvalue weighted by molar-refractivity contribution is -0.149. The smallest absolute Gasteiger partial charge is 0.414 e. The molecule has 0 spiro atoms. The number of hydrogen-bond acceptors (Lipinski definition) is 8. The van der Waals surface area contributed by atoms with Crippen LogP contribution in [-0.4, -0.2) is 70.5 Å². The van der Waals surface area contributed by atoms with Crippen LogP contribution in [0.3, 0.4) is 0 Å². The number of benzene rings is 2. The first-order chi connectivity index (χ1) is 18.4. The summed E-state index contributed by atoms with van der Waals surface area (Å²) in [5, 5.41) is 3.22. The minimum atomic E-state index is -0.914. The summed E-state index contributed by atoms with van der Waals surface area (Å²) in [4.78, 5) is 41.2. The minimum absolute atomic E-state index is 0.232. The number of ether oxygens (including phenoxy) is 3. The van der Waals surface area contributed by atoms with Gasteiger partial charge in [-0.2, -0.15) is 0 Å². The van der Waals surface area contributed by atoms with Gasteiger partial charge in [-0.05, 0) is 30.2 Å². The van der Waals surface area contributed by atoms with Crippen molar-refractivity contribution >= 4 is 29.2 Å². The van der Waals surface area contributed by atoms with Crippen molar-refractivity contribution in [2.75, 3.05) is 56.3 Å². The quantitative estimate of drug-likeness (QED) is 0.437. The Bertz CT molecular complexity index is 1230. The topological polar surface area (TPSA) is 97.4 Å². The number of carbonyl (C=O) groups is 3. The fourth-order valence-corrected chi connectivity index (χ4v) is 5.22. The highest BCUT2D eigenvalue weighted by molar-refractivity contribution is 6.07. The van der Waals surface area contributed by atoms with E-state index in [0.29, 0.717) is 49.8 Å². The number of nitrogens with one attached hydrogen (secondary N) is 1. The summed E-state index contributed by atoms with van der Waals surface area (Å²) in [6.07, 6.45) is 0.787. The number of halogens is 1. The van der Waals surface area contributed by atoms with Gasteiger partial charge in [0, 0.05) is 30.8 Å². The molecule has 2 unspecified atom stereocenters. The summed E-state index contributed by atoms with van der Waals surface area (Å²) in [6.45, 7) is 2.81. The summed E-state index contributed by atoms with van der Waals surface area (Å²) in [6, 6.07) is 14.1. The summed E-state index contributed by atoms with van der Waals surface area (Å²) in [5.74, 6) is -2.59. The number of rotatable bonds is 7. The molecule has 2 saturated heterocycles. The van der Waals surface area contributed by atoms with Crippen molar-refractivity contribution < 1.29 is 33.0 Å². The maximum Gasteiger partial charge on any atom is 0.414 e. The summed E-state index contributed by atoms with van der Waals surface area (Å²) < 4.78 is 30.6. The number of allylic oxidation sites excluding steroid dienone is 2. The van der Waals surface area contributed by atoms with Gasteiger partial charge in [0.1, 0.15) is 17.8 Å². The van der Waals surface area contributed by atoms with Gasteiger partial charge in [0.2, 0.25) is 0 Å². The average Bonchev–Trinajstić information content (AvgIpc) is 3.32. The molecule has 2 heterocycles. The first-order valence-electron chi connectivity index (χ1n) is 12.7. The third-order valence-electron chi connectivity index (χ3n) is 7.17. The monoisotopic (exact) mass is 523 g/mol. The van der Waals surface area contributed by atoms with E-state index in [4.69, 9.17) is 14.2 Å². The number of anilines is 2. The van der Waals surface area contributed by atoms with Crippen molar-refractivity contribution in [1.29, 1.82) is 0 Å². The van der Waals surface area contributed by atoms with Gasteiger partial charge in [0.05, 0.1) is 44.8 Å². The molecule has 0 saturated carbocycles. The average molecular weight is 524 g/mol. The van der Waals surface area contributed by atoms with Crippen LogP contribution in [0.25, 0.3) is 0 Å². The van der Waals surface area contributed by atoms with E-state index in [1.165, 1.54) is 24.2 Å². The first kappa shape index (κ1) is 25.7. The van der Waals surface area contributed by atoms with Gasteiger partial charge in [-0.1, -0.05) is 30.3 Å². The zero-order valence-electron chi connectivity index (χ0n) is 21.1. The molecule has 0 aromatic heterocycles. The van der Waals surface area contributed by atoms with Gasteiger partial charge >= 0.3 is 12.1 Å². The zero-order chi connectivity index (χ0) is 26.6. The van der Waals surface area contributed by atoms with Crippen LogP contribution in [0.2, 0.25) is 0 Å². The Balaban J connectivity index is 1.24. The van der Waals surface area contributed by atoms with Crippen LogP contribution in [0.5, 0.6) is 0 Å². The highest BCUT2D eigenvalue weighted by Gasteiger charge is 2.40. The molecule has 10 heteroatoms. The normalized spacial score (nSPS) is 23.6. The van der Waals surface area contributed by atoms with Crippen LogP contribution in [0.1, 0.15) is 17.9 Å². The van der Waals surface area contributed by atoms with Crippen LogP contribution in [0.4, 0.5) is 20.6 Å². The fourth-order valence-electron chi connectivity index (χ4n) is 5.22. The molecule has 3 atom stereocenters. The van der Waals surface area contributed by atoms with Crippen LogP contribution >= 0.6 is 0 Å². The van der Waals surface area contributed by atoms with Crippen LogP contribution < -0.4 is 15.1 Å². The number of esters is 1. The van der Waals surface area contributed by atoms with Gasteiger partial charge in [-0.15, -0.1) is 0 Å². The van der Waals surface area contributed by atoms with Gasteiger partial charge in [0.25, 0.3) is 0 Å². The van der Waals surface area contributed by atoms with Crippen LogP contribution in [-0.2, 0) is 23.8 Å². The molecule has 2 aromatic rings. The Labute approximate surface area is 220 Å². The highest BCUT2D eigenvalue weighted by atomic mass is 19.1. The second-order valence-corrected chi connectivity index (χ2v) is 9.53. The predicted octanol–water partition coefficient (Wildman–Crippen LogP) is 3.01. The Morgan fingerprint density at radius 3 is 2.61 bits per heavy atom. The predicted molar refractivity (Wildman–Crippen MR) is 137 cm³/mol. The zero-order valence-corrected chi connectivity index (χ0v) is 21.1. The molecule has 200 valence electrons. The molecule has 5 rings (SSSR count). The largest absolute Gasteiger partial charge is 0.468 e. The van der Waals surface area contributed by atoms with Crippen molar-refractivity contribution in [2.24, 2.45) is 5.92 Å². The van der Waals surface area contributed by atoms with Gasteiger partial charge in [-0.3, -0.25) is 14.5 Å².